The molecule has 0 saturated heterocycles. The van der Waals surface area contributed by atoms with Crippen LogP contribution in [0.4, 0.5) is 10.5 Å². The molecule has 140 valence electrons. The fourth-order valence-corrected chi connectivity index (χ4v) is 2.93. The number of benzene rings is 2. The highest BCUT2D eigenvalue weighted by atomic mass is 16.5. The topological polar surface area (TPSA) is 83.2 Å². The monoisotopic (exact) mass is 365 g/mol. The molecule has 0 spiro atoms. The van der Waals surface area contributed by atoms with Gasteiger partial charge in [-0.1, -0.05) is 24.3 Å². The van der Waals surface area contributed by atoms with Crippen molar-refractivity contribution >= 4 is 28.6 Å². The normalized spacial score (nSPS) is 11.8. The largest absolute Gasteiger partial charge is 0.426 e. The maximum absolute atomic E-state index is 12.2. The molecule has 0 saturated carbocycles. The lowest BCUT2D eigenvalue weighted by atomic mass is 10.1. The Kier molecular flexibility index (Phi) is 5.76. The van der Waals surface area contributed by atoms with Crippen molar-refractivity contribution in [2.45, 2.75) is 32.7 Å². The molecule has 0 aliphatic rings. The van der Waals surface area contributed by atoms with Gasteiger partial charge in [0.2, 0.25) is 0 Å². The van der Waals surface area contributed by atoms with E-state index in [9.17, 15) is 9.59 Å². The van der Waals surface area contributed by atoms with Crippen LogP contribution in [0.3, 0.4) is 0 Å². The van der Waals surface area contributed by atoms with E-state index in [1.165, 1.54) is 6.92 Å². The average Bonchev–Trinajstić information content (AvgIpc) is 3.08. The second kappa shape index (κ2) is 8.40. The summed E-state index contributed by atoms with van der Waals surface area (Å²) >= 11 is 0. The van der Waals surface area contributed by atoms with Gasteiger partial charge >= 0.3 is 12.0 Å². The van der Waals surface area contributed by atoms with Crippen molar-refractivity contribution in [3.05, 3.63) is 60.3 Å². The number of amides is 2. The molecule has 3 aromatic rings. The van der Waals surface area contributed by atoms with Crippen LogP contribution in [-0.4, -0.2) is 23.0 Å². The molecular weight excluding hydrogens is 342 g/mol. The molecule has 6 heteroatoms. The van der Waals surface area contributed by atoms with E-state index in [1.54, 1.807) is 6.07 Å². The zero-order valence-electron chi connectivity index (χ0n) is 15.4. The molecule has 0 fully saturated rings. The second-order valence-corrected chi connectivity index (χ2v) is 6.52. The third kappa shape index (κ3) is 5.10. The van der Waals surface area contributed by atoms with Crippen LogP contribution < -0.4 is 15.4 Å². The number of carbonyl (C=O) groups excluding carboxylic acids is 2. The van der Waals surface area contributed by atoms with Crippen LogP contribution in [0.5, 0.6) is 5.75 Å². The van der Waals surface area contributed by atoms with Gasteiger partial charge in [0.05, 0.1) is 0 Å². The number of aryl methyl sites for hydroxylation is 1. The van der Waals surface area contributed by atoms with E-state index in [1.807, 2.05) is 55.6 Å². The summed E-state index contributed by atoms with van der Waals surface area (Å²) in [6.45, 7) is 3.33. The Morgan fingerprint density at radius 2 is 1.96 bits per heavy atom. The van der Waals surface area contributed by atoms with Gasteiger partial charge in [-0.15, -0.1) is 0 Å². The Balaban J connectivity index is 1.52. The van der Waals surface area contributed by atoms with Crippen LogP contribution in [0, 0.1) is 0 Å². The summed E-state index contributed by atoms with van der Waals surface area (Å²) in [5.41, 5.74) is 2.65. The van der Waals surface area contributed by atoms with Crippen molar-refractivity contribution in [2.75, 3.05) is 5.32 Å². The van der Waals surface area contributed by atoms with Crippen molar-refractivity contribution in [2.24, 2.45) is 0 Å². The number of hydrogen-bond donors (Lipinski definition) is 3. The number of nitrogens with one attached hydrogen (secondary N) is 3. The molecule has 0 bridgehead atoms. The van der Waals surface area contributed by atoms with Gasteiger partial charge in [-0.3, -0.25) is 4.79 Å². The number of anilines is 1. The highest BCUT2D eigenvalue weighted by Gasteiger charge is 2.11. The van der Waals surface area contributed by atoms with Gasteiger partial charge in [-0.25, -0.2) is 4.79 Å². The zero-order chi connectivity index (χ0) is 19.2. The van der Waals surface area contributed by atoms with Crippen molar-refractivity contribution in [3.63, 3.8) is 0 Å². The fourth-order valence-electron chi connectivity index (χ4n) is 2.93. The Hall–Kier alpha value is -3.28. The third-order valence-electron chi connectivity index (χ3n) is 4.26. The van der Waals surface area contributed by atoms with Crippen molar-refractivity contribution in [1.29, 1.82) is 0 Å². The van der Waals surface area contributed by atoms with E-state index >= 15 is 0 Å². The van der Waals surface area contributed by atoms with E-state index < -0.39 is 0 Å². The third-order valence-corrected chi connectivity index (χ3v) is 4.26. The number of ether oxygens (including phenoxy) is 1. The van der Waals surface area contributed by atoms with Crippen molar-refractivity contribution in [1.82, 2.24) is 10.3 Å². The molecule has 1 aromatic heterocycles. The van der Waals surface area contributed by atoms with Crippen molar-refractivity contribution < 1.29 is 14.3 Å². The van der Waals surface area contributed by atoms with Crippen LogP contribution in [0.15, 0.2) is 54.7 Å². The minimum Gasteiger partial charge on any atom is -0.426 e. The maximum Gasteiger partial charge on any atom is 0.319 e. The smallest absolute Gasteiger partial charge is 0.319 e. The zero-order valence-corrected chi connectivity index (χ0v) is 15.4. The number of carbonyl (C=O) groups is 2. The first-order valence-corrected chi connectivity index (χ1v) is 8.92. The highest BCUT2D eigenvalue weighted by molar-refractivity contribution is 5.92. The Bertz CT molecular complexity index is 949. The predicted octanol–water partition coefficient (Wildman–Crippen LogP) is 4.24. The van der Waals surface area contributed by atoms with Gasteiger partial charge in [0.1, 0.15) is 5.75 Å². The molecule has 1 unspecified atom stereocenters. The van der Waals surface area contributed by atoms with Crippen LogP contribution in [0.25, 0.3) is 10.9 Å². The molecule has 2 aromatic carbocycles. The quantitative estimate of drug-likeness (QED) is 0.451. The summed E-state index contributed by atoms with van der Waals surface area (Å²) < 4.78 is 5.22. The molecule has 2 amide bonds. The summed E-state index contributed by atoms with van der Waals surface area (Å²) in [6.07, 6.45) is 3.28. The van der Waals surface area contributed by atoms with Gasteiger partial charge in [0, 0.05) is 30.4 Å². The summed E-state index contributed by atoms with van der Waals surface area (Å²) in [6, 6.07) is 14.9. The number of hydrogen-bond acceptors (Lipinski definition) is 3. The molecule has 0 aliphatic carbocycles. The van der Waals surface area contributed by atoms with E-state index in [0.29, 0.717) is 12.2 Å². The molecular formula is C21H23N3O3. The van der Waals surface area contributed by atoms with Gasteiger partial charge in [0.25, 0.3) is 0 Å². The summed E-state index contributed by atoms with van der Waals surface area (Å²) in [4.78, 5) is 26.5. The number of para-hydroxylation sites is 1. The molecule has 0 aliphatic heterocycles. The Morgan fingerprint density at radius 3 is 2.78 bits per heavy atom. The Morgan fingerprint density at radius 1 is 1.15 bits per heavy atom. The number of esters is 1. The molecule has 1 atom stereocenters. The van der Waals surface area contributed by atoms with Crippen LogP contribution in [0.2, 0.25) is 0 Å². The standard InChI is InChI=1S/C21H23N3O3/c1-14(7-8-17-5-3-4-6-20(17)27-15(2)25)23-21(26)24-18-10-9-16-11-12-22-19(16)13-18/h3-6,9-14,22H,7-8H2,1-2H3,(H2,23,24,26). The van der Waals surface area contributed by atoms with Crippen LogP contribution in [-0.2, 0) is 11.2 Å². The lowest BCUT2D eigenvalue weighted by molar-refractivity contribution is -0.131. The number of aromatic amines is 1. The summed E-state index contributed by atoms with van der Waals surface area (Å²) in [7, 11) is 0. The van der Waals surface area contributed by atoms with E-state index in [2.05, 4.69) is 15.6 Å². The van der Waals surface area contributed by atoms with Crippen LogP contribution >= 0.6 is 0 Å². The summed E-state index contributed by atoms with van der Waals surface area (Å²) in [5.74, 6) is 0.230. The highest BCUT2D eigenvalue weighted by Crippen LogP contribution is 2.20. The molecule has 1 heterocycles. The molecule has 27 heavy (non-hydrogen) atoms. The second-order valence-electron chi connectivity index (χ2n) is 6.52. The Labute approximate surface area is 157 Å². The van der Waals surface area contributed by atoms with Gasteiger partial charge in [0.15, 0.2) is 0 Å². The number of rotatable bonds is 6. The van der Waals surface area contributed by atoms with Crippen LogP contribution in [0.1, 0.15) is 25.8 Å². The first-order valence-electron chi connectivity index (χ1n) is 8.92. The minimum atomic E-state index is -0.341. The number of H-pyrrole nitrogens is 1. The molecule has 6 nitrogen and oxygen atoms in total. The van der Waals surface area contributed by atoms with E-state index in [-0.39, 0.29) is 18.0 Å². The predicted molar refractivity (Wildman–Crippen MR) is 106 cm³/mol. The molecule has 0 radical (unpaired) electrons. The number of fused-ring (bicyclic) bond motifs is 1. The van der Waals surface area contributed by atoms with Gasteiger partial charge in [-0.2, -0.15) is 0 Å². The number of aromatic nitrogens is 1. The summed E-state index contributed by atoms with van der Waals surface area (Å²) in [5, 5.41) is 6.88. The van der Waals surface area contributed by atoms with E-state index in [4.69, 9.17) is 4.74 Å². The van der Waals surface area contributed by atoms with Crippen molar-refractivity contribution in [3.8, 4) is 5.75 Å². The number of urea groups is 1. The first-order chi connectivity index (χ1) is 13.0. The first kappa shape index (κ1) is 18.5. The minimum absolute atomic E-state index is 0.0374. The molecule has 3 rings (SSSR count). The van der Waals surface area contributed by atoms with Gasteiger partial charge < -0.3 is 20.4 Å². The SMILES string of the molecule is CC(=O)Oc1ccccc1CCC(C)NC(=O)Nc1ccc2cc[nH]c2c1. The lowest BCUT2D eigenvalue weighted by Gasteiger charge is -2.16. The van der Waals surface area contributed by atoms with E-state index in [0.717, 1.165) is 28.6 Å². The average molecular weight is 365 g/mol. The maximum atomic E-state index is 12.2. The fraction of sp³-hybridized carbons (Fsp3) is 0.238. The molecule has 3 N–H and O–H groups in total. The van der Waals surface area contributed by atoms with Gasteiger partial charge in [-0.05, 0) is 55.0 Å². The lowest BCUT2D eigenvalue weighted by Crippen LogP contribution is -2.36.